The van der Waals surface area contributed by atoms with Crippen LogP contribution in [0, 0.1) is 0 Å². The molecule has 2 atom stereocenters. The van der Waals surface area contributed by atoms with Crippen LogP contribution >= 0.6 is 0 Å². The Morgan fingerprint density at radius 3 is 2.65 bits per heavy atom. The lowest BCUT2D eigenvalue weighted by Gasteiger charge is -2.32. The Labute approximate surface area is 137 Å². The average molecular weight is 313 g/mol. The highest BCUT2D eigenvalue weighted by atomic mass is 16.5. The van der Waals surface area contributed by atoms with Crippen LogP contribution in [0.3, 0.4) is 0 Å². The lowest BCUT2D eigenvalue weighted by Crippen LogP contribution is -2.43. The molecule has 1 N–H and O–H groups in total. The van der Waals surface area contributed by atoms with Gasteiger partial charge in [-0.25, -0.2) is 0 Å². The van der Waals surface area contributed by atoms with Crippen molar-refractivity contribution >= 4 is 0 Å². The van der Waals surface area contributed by atoms with Gasteiger partial charge < -0.3 is 19.5 Å². The highest BCUT2D eigenvalue weighted by Crippen LogP contribution is 2.29. The van der Waals surface area contributed by atoms with Gasteiger partial charge in [-0.15, -0.1) is 0 Å². The summed E-state index contributed by atoms with van der Waals surface area (Å²) in [4.78, 5) is 0. The van der Waals surface area contributed by atoms with Gasteiger partial charge >= 0.3 is 0 Å². The first-order valence-electron chi connectivity index (χ1n) is 7.99. The van der Waals surface area contributed by atoms with Crippen molar-refractivity contribution in [3.05, 3.63) is 65.7 Å². The number of rotatable bonds is 6. The molecule has 1 saturated heterocycles. The summed E-state index contributed by atoms with van der Waals surface area (Å²) in [5, 5.41) is 3.38. The van der Waals surface area contributed by atoms with E-state index in [1.165, 1.54) is 0 Å². The fourth-order valence-corrected chi connectivity index (χ4v) is 2.81. The number of para-hydroxylation sites is 1. The van der Waals surface area contributed by atoms with E-state index in [0.717, 1.165) is 30.0 Å². The van der Waals surface area contributed by atoms with Gasteiger partial charge in [-0.3, -0.25) is 0 Å². The minimum Gasteiger partial charge on any atom is -0.483 e. The van der Waals surface area contributed by atoms with Gasteiger partial charge in [0, 0.05) is 25.8 Å². The maximum absolute atomic E-state index is 6.38. The number of benzene rings is 2. The molecule has 2 aromatic carbocycles. The molecule has 4 heteroatoms. The quantitative estimate of drug-likeness (QED) is 0.890. The van der Waals surface area contributed by atoms with Gasteiger partial charge in [0.2, 0.25) is 0 Å². The lowest BCUT2D eigenvalue weighted by atomic mass is 10.0. The second-order valence-electron chi connectivity index (χ2n) is 5.60. The van der Waals surface area contributed by atoms with Gasteiger partial charge in [-0.1, -0.05) is 48.5 Å². The van der Waals surface area contributed by atoms with Crippen LogP contribution in [0.5, 0.6) is 5.75 Å². The van der Waals surface area contributed by atoms with Crippen molar-refractivity contribution in [3.63, 3.8) is 0 Å². The zero-order valence-corrected chi connectivity index (χ0v) is 13.4. The molecule has 0 amide bonds. The molecular weight excluding hydrogens is 290 g/mol. The topological polar surface area (TPSA) is 39.7 Å². The molecule has 1 aliphatic heterocycles. The average Bonchev–Trinajstić information content (AvgIpc) is 2.63. The van der Waals surface area contributed by atoms with Gasteiger partial charge in [-0.2, -0.15) is 0 Å². The maximum Gasteiger partial charge on any atom is 0.151 e. The van der Waals surface area contributed by atoms with Gasteiger partial charge in [-0.05, 0) is 11.6 Å². The van der Waals surface area contributed by atoms with Crippen molar-refractivity contribution in [2.75, 3.05) is 26.8 Å². The summed E-state index contributed by atoms with van der Waals surface area (Å²) in [5.41, 5.74) is 2.16. The molecule has 1 unspecified atom stereocenters. The highest BCUT2D eigenvalue weighted by molar-refractivity contribution is 5.34. The fraction of sp³-hybridized carbons (Fsp3) is 0.368. The minimum absolute atomic E-state index is 0.0123. The van der Waals surface area contributed by atoms with E-state index in [9.17, 15) is 0 Å². The van der Waals surface area contributed by atoms with Crippen molar-refractivity contribution in [2.45, 2.75) is 18.8 Å². The predicted octanol–water partition coefficient (Wildman–Crippen LogP) is 2.94. The van der Waals surface area contributed by atoms with Crippen molar-refractivity contribution in [3.8, 4) is 5.75 Å². The van der Waals surface area contributed by atoms with E-state index < -0.39 is 0 Å². The first-order valence-corrected chi connectivity index (χ1v) is 7.99. The number of morpholine rings is 1. The smallest absolute Gasteiger partial charge is 0.151 e. The molecule has 0 spiro atoms. The third-order valence-electron chi connectivity index (χ3n) is 3.95. The fourth-order valence-electron chi connectivity index (χ4n) is 2.81. The van der Waals surface area contributed by atoms with Crippen molar-refractivity contribution < 1.29 is 14.2 Å². The summed E-state index contributed by atoms with van der Waals surface area (Å²) in [6.07, 6.45) is -0.163. The molecule has 4 nitrogen and oxygen atoms in total. The van der Waals surface area contributed by atoms with Gasteiger partial charge in [0.1, 0.15) is 11.9 Å². The Bertz CT molecular complexity index is 597. The maximum atomic E-state index is 6.38. The van der Waals surface area contributed by atoms with Crippen LogP contribution in [-0.4, -0.2) is 32.9 Å². The van der Waals surface area contributed by atoms with Crippen LogP contribution in [0.25, 0.3) is 0 Å². The van der Waals surface area contributed by atoms with Crippen molar-refractivity contribution in [1.82, 2.24) is 5.32 Å². The number of ether oxygens (including phenoxy) is 3. The molecule has 1 fully saturated rings. The summed E-state index contributed by atoms with van der Waals surface area (Å²) < 4.78 is 17.6. The van der Waals surface area contributed by atoms with Crippen LogP contribution < -0.4 is 10.1 Å². The first kappa shape index (κ1) is 16.0. The van der Waals surface area contributed by atoms with Crippen LogP contribution in [0.15, 0.2) is 54.6 Å². The van der Waals surface area contributed by atoms with E-state index in [4.69, 9.17) is 14.2 Å². The van der Waals surface area contributed by atoms with E-state index in [1.807, 2.05) is 42.5 Å². The number of methoxy groups -OCH3 is 1. The Morgan fingerprint density at radius 1 is 1.13 bits per heavy atom. The van der Waals surface area contributed by atoms with Gasteiger partial charge in [0.15, 0.2) is 6.10 Å². The molecule has 23 heavy (non-hydrogen) atoms. The zero-order chi connectivity index (χ0) is 15.9. The molecule has 0 bridgehead atoms. The first-order chi connectivity index (χ1) is 11.4. The van der Waals surface area contributed by atoms with Crippen molar-refractivity contribution in [2.24, 2.45) is 0 Å². The molecule has 1 heterocycles. The normalized spacial score (nSPS) is 19.3. The molecule has 2 aromatic rings. The second kappa shape index (κ2) is 8.11. The summed E-state index contributed by atoms with van der Waals surface area (Å²) in [7, 11) is 1.69. The van der Waals surface area contributed by atoms with Crippen LogP contribution in [0.4, 0.5) is 0 Å². The molecule has 0 aliphatic carbocycles. The zero-order valence-electron chi connectivity index (χ0n) is 13.4. The van der Waals surface area contributed by atoms with Crippen LogP contribution in [0.2, 0.25) is 0 Å². The Balaban J connectivity index is 1.86. The number of hydrogen-bond acceptors (Lipinski definition) is 4. The second-order valence-corrected chi connectivity index (χ2v) is 5.60. The standard InChI is InChI=1S/C19H23NO3/c1-21-14-16-9-5-6-10-17(16)23-19(15-7-3-2-4-8-15)18-13-20-11-12-22-18/h2-10,18-20H,11-14H2,1H3/t18?,19-/m0/s1. The van der Waals surface area contributed by atoms with E-state index >= 15 is 0 Å². The van der Waals surface area contributed by atoms with E-state index in [1.54, 1.807) is 7.11 Å². The molecule has 0 aromatic heterocycles. The Morgan fingerprint density at radius 2 is 1.91 bits per heavy atom. The third kappa shape index (κ3) is 4.10. The molecule has 3 rings (SSSR count). The summed E-state index contributed by atoms with van der Waals surface area (Å²) >= 11 is 0. The number of hydrogen-bond donors (Lipinski definition) is 1. The summed E-state index contributed by atoms with van der Waals surface area (Å²) in [5.74, 6) is 0.845. The van der Waals surface area contributed by atoms with Crippen molar-refractivity contribution in [1.29, 1.82) is 0 Å². The van der Waals surface area contributed by atoms with Crippen LogP contribution in [-0.2, 0) is 16.1 Å². The molecule has 1 aliphatic rings. The minimum atomic E-state index is -0.151. The highest BCUT2D eigenvalue weighted by Gasteiger charge is 2.28. The largest absolute Gasteiger partial charge is 0.483 e. The van der Waals surface area contributed by atoms with Gasteiger partial charge in [0.25, 0.3) is 0 Å². The number of nitrogens with one attached hydrogen (secondary N) is 1. The Kier molecular flexibility index (Phi) is 5.64. The van der Waals surface area contributed by atoms with E-state index in [0.29, 0.717) is 13.2 Å². The summed E-state index contributed by atoms with van der Waals surface area (Å²) in [6, 6.07) is 18.2. The third-order valence-corrected chi connectivity index (χ3v) is 3.95. The lowest BCUT2D eigenvalue weighted by molar-refractivity contribution is -0.0438. The molecule has 0 saturated carbocycles. The van der Waals surface area contributed by atoms with E-state index in [-0.39, 0.29) is 12.2 Å². The summed E-state index contributed by atoms with van der Waals surface area (Å²) in [6.45, 7) is 2.91. The van der Waals surface area contributed by atoms with Crippen LogP contribution in [0.1, 0.15) is 17.2 Å². The molecule has 122 valence electrons. The molecule has 0 radical (unpaired) electrons. The van der Waals surface area contributed by atoms with Gasteiger partial charge in [0.05, 0.1) is 13.2 Å². The van der Waals surface area contributed by atoms with E-state index in [2.05, 4.69) is 17.4 Å². The Hall–Kier alpha value is -1.88. The predicted molar refractivity (Wildman–Crippen MR) is 89.6 cm³/mol. The molecular formula is C19H23NO3. The SMILES string of the molecule is COCc1ccccc1O[C@@H](c1ccccc1)C1CNCCO1. The monoisotopic (exact) mass is 313 g/mol.